The van der Waals surface area contributed by atoms with Crippen LogP contribution in [0, 0.1) is 11.8 Å². The minimum Gasteiger partial charge on any atom is -0.395 e. The van der Waals surface area contributed by atoms with Gasteiger partial charge >= 0.3 is 0 Å². The smallest absolute Gasteiger partial charge is 0.0739 e. The van der Waals surface area contributed by atoms with Crippen LogP contribution < -0.4 is 5.73 Å². The van der Waals surface area contributed by atoms with Gasteiger partial charge in [-0.2, -0.15) is 0 Å². The maximum absolute atomic E-state index is 9.67. The van der Waals surface area contributed by atoms with Crippen LogP contribution in [0.5, 0.6) is 0 Å². The van der Waals surface area contributed by atoms with Gasteiger partial charge in [-0.25, -0.2) is 0 Å². The minimum absolute atomic E-state index is 0.129. The zero-order chi connectivity index (χ0) is 9.84. The molecule has 0 aromatic rings. The Morgan fingerprint density at radius 1 is 1.46 bits per heavy atom. The predicted octanol–water partition coefficient (Wildman–Crippen LogP) is 0.493. The highest BCUT2D eigenvalue weighted by molar-refractivity contribution is 4.80. The summed E-state index contributed by atoms with van der Waals surface area (Å²) in [6.07, 6.45) is 4.43. The van der Waals surface area contributed by atoms with E-state index >= 15 is 0 Å². The van der Waals surface area contributed by atoms with Gasteiger partial charge in [0.25, 0.3) is 0 Å². The topological polar surface area (TPSA) is 66.5 Å². The first-order valence-corrected chi connectivity index (χ1v) is 5.19. The highest BCUT2D eigenvalue weighted by atomic mass is 16.3. The summed E-state index contributed by atoms with van der Waals surface area (Å²) in [5, 5.41) is 18.4. The molecule has 0 aromatic carbocycles. The van der Waals surface area contributed by atoms with E-state index in [2.05, 4.69) is 0 Å². The van der Waals surface area contributed by atoms with Crippen LogP contribution in [-0.4, -0.2) is 29.0 Å². The number of aliphatic hydroxyl groups is 2. The van der Waals surface area contributed by atoms with Gasteiger partial charge in [-0.15, -0.1) is 0 Å². The van der Waals surface area contributed by atoms with E-state index in [9.17, 15) is 5.11 Å². The zero-order valence-electron chi connectivity index (χ0n) is 8.32. The monoisotopic (exact) mass is 187 g/mol. The fourth-order valence-electron chi connectivity index (χ4n) is 1.92. The van der Waals surface area contributed by atoms with Crippen molar-refractivity contribution in [2.24, 2.45) is 17.6 Å². The predicted molar refractivity (Wildman–Crippen MR) is 52.2 cm³/mol. The average Bonchev–Trinajstić information content (AvgIpc) is 2.08. The highest BCUT2D eigenvalue weighted by Gasteiger charge is 2.26. The van der Waals surface area contributed by atoms with Crippen LogP contribution in [0.4, 0.5) is 0 Å². The SMILES string of the molecule is CC(CC1CCC1)[C@H](O)[C@H](N)CO. The van der Waals surface area contributed by atoms with Crippen LogP contribution in [0.15, 0.2) is 0 Å². The van der Waals surface area contributed by atoms with Crippen LogP contribution in [0.1, 0.15) is 32.6 Å². The lowest BCUT2D eigenvalue weighted by molar-refractivity contribution is 0.0487. The normalized spacial score (nSPS) is 24.9. The fraction of sp³-hybridized carbons (Fsp3) is 1.00. The van der Waals surface area contributed by atoms with E-state index in [0.717, 1.165) is 12.3 Å². The molecule has 0 spiro atoms. The fourth-order valence-corrected chi connectivity index (χ4v) is 1.92. The first kappa shape index (κ1) is 11.0. The number of hydrogen-bond acceptors (Lipinski definition) is 3. The summed E-state index contributed by atoms with van der Waals surface area (Å²) in [5.74, 6) is 1.00. The largest absolute Gasteiger partial charge is 0.395 e. The van der Waals surface area contributed by atoms with E-state index in [0.29, 0.717) is 0 Å². The van der Waals surface area contributed by atoms with Crippen molar-refractivity contribution in [3.05, 3.63) is 0 Å². The Kier molecular flexibility index (Phi) is 4.16. The van der Waals surface area contributed by atoms with Crippen LogP contribution in [-0.2, 0) is 0 Å². The summed E-state index contributed by atoms with van der Waals surface area (Å²) in [7, 11) is 0. The van der Waals surface area contributed by atoms with Crippen LogP contribution in [0.25, 0.3) is 0 Å². The maximum atomic E-state index is 9.67. The number of aliphatic hydroxyl groups excluding tert-OH is 2. The molecular weight excluding hydrogens is 166 g/mol. The van der Waals surface area contributed by atoms with E-state index in [-0.39, 0.29) is 12.5 Å². The third-order valence-corrected chi connectivity index (χ3v) is 3.16. The molecule has 1 rings (SSSR count). The molecule has 78 valence electrons. The van der Waals surface area contributed by atoms with Crippen molar-refractivity contribution < 1.29 is 10.2 Å². The number of hydrogen-bond donors (Lipinski definition) is 3. The van der Waals surface area contributed by atoms with Crippen molar-refractivity contribution in [3.8, 4) is 0 Å². The van der Waals surface area contributed by atoms with Gasteiger partial charge < -0.3 is 15.9 Å². The third kappa shape index (κ3) is 2.93. The molecule has 1 fully saturated rings. The van der Waals surface area contributed by atoms with Crippen molar-refractivity contribution in [2.75, 3.05) is 6.61 Å². The van der Waals surface area contributed by atoms with Crippen LogP contribution in [0.3, 0.4) is 0 Å². The van der Waals surface area contributed by atoms with Crippen LogP contribution >= 0.6 is 0 Å². The Balaban J connectivity index is 2.23. The van der Waals surface area contributed by atoms with E-state index in [1.165, 1.54) is 19.3 Å². The molecule has 0 aliphatic heterocycles. The summed E-state index contributed by atoms with van der Waals surface area (Å²) in [6, 6.07) is -0.477. The van der Waals surface area contributed by atoms with Gasteiger partial charge in [0.1, 0.15) is 0 Å². The van der Waals surface area contributed by atoms with Gasteiger partial charge in [0.2, 0.25) is 0 Å². The van der Waals surface area contributed by atoms with E-state index in [1.807, 2.05) is 6.92 Å². The second-order valence-corrected chi connectivity index (χ2v) is 4.35. The lowest BCUT2D eigenvalue weighted by Gasteiger charge is -2.31. The summed E-state index contributed by atoms with van der Waals surface area (Å²) in [4.78, 5) is 0. The molecule has 3 nitrogen and oxygen atoms in total. The van der Waals surface area contributed by atoms with Crippen molar-refractivity contribution in [2.45, 2.75) is 44.8 Å². The molecule has 0 bridgehead atoms. The first-order chi connectivity index (χ1) is 6.15. The molecule has 1 aliphatic rings. The first-order valence-electron chi connectivity index (χ1n) is 5.19. The Labute approximate surface area is 79.9 Å². The summed E-state index contributed by atoms with van der Waals surface area (Å²) in [6.45, 7) is 1.88. The lowest BCUT2D eigenvalue weighted by Crippen LogP contribution is -2.42. The van der Waals surface area contributed by atoms with Gasteiger partial charge in [-0.05, 0) is 18.3 Å². The molecule has 3 heteroatoms. The maximum Gasteiger partial charge on any atom is 0.0739 e. The number of rotatable bonds is 5. The highest BCUT2D eigenvalue weighted by Crippen LogP contribution is 2.33. The number of nitrogens with two attached hydrogens (primary N) is 1. The van der Waals surface area contributed by atoms with Gasteiger partial charge in [0, 0.05) is 0 Å². The van der Waals surface area contributed by atoms with Gasteiger partial charge in [-0.3, -0.25) is 0 Å². The van der Waals surface area contributed by atoms with E-state index < -0.39 is 12.1 Å². The Bertz CT molecular complexity index is 148. The second kappa shape index (κ2) is 4.94. The van der Waals surface area contributed by atoms with Crippen molar-refractivity contribution in [1.29, 1.82) is 0 Å². The second-order valence-electron chi connectivity index (χ2n) is 4.35. The van der Waals surface area contributed by atoms with Crippen molar-refractivity contribution >= 4 is 0 Å². The molecule has 4 N–H and O–H groups in total. The van der Waals surface area contributed by atoms with Crippen molar-refractivity contribution in [3.63, 3.8) is 0 Å². The molecule has 0 heterocycles. The molecule has 1 aliphatic carbocycles. The molecule has 3 atom stereocenters. The Morgan fingerprint density at radius 2 is 2.08 bits per heavy atom. The van der Waals surface area contributed by atoms with E-state index in [1.54, 1.807) is 0 Å². The molecular formula is C10H21NO2. The van der Waals surface area contributed by atoms with E-state index in [4.69, 9.17) is 10.8 Å². The Hall–Kier alpha value is -0.120. The van der Waals surface area contributed by atoms with Gasteiger partial charge in [-0.1, -0.05) is 26.2 Å². The third-order valence-electron chi connectivity index (χ3n) is 3.16. The molecule has 0 radical (unpaired) electrons. The molecule has 1 unspecified atom stereocenters. The molecule has 0 aromatic heterocycles. The molecule has 1 saturated carbocycles. The van der Waals surface area contributed by atoms with Crippen LogP contribution in [0.2, 0.25) is 0 Å². The quantitative estimate of drug-likeness (QED) is 0.587. The lowest BCUT2D eigenvalue weighted by atomic mass is 9.77. The average molecular weight is 187 g/mol. The molecule has 0 saturated heterocycles. The van der Waals surface area contributed by atoms with Gasteiger partial charge in [0.05, 0.1) is 18.8 Å². The molecule has 13 heavy (non-hydrogen) atoms. The van der Waals surface area contributed by atoms with Gasteiger partial charge in [0.15, 0.2) is 0 Å². The summed E-state index contributed by atoms with van der Waals surface area (Å²) >= 11 is 0. The molecule has 0 amide bonds. The summed E-state index contributed by atoms with van der Waals surface area (Å²) < 4.78 is 0. The Morgan fingerprint density at radius 3 is 2.46 bits per heavy atom. The standard InChI is InChI=1S/C10H21NO2/c1-7(5-8-3-2-4-8)10(13)9(11)6-12/h7-10,12-13H,2-6,11H2,1H3/t7?,9-,10+/m1/s1. The minimum atomic E-state index is -0.550. The van der Waals surface area contributed by atoms with Crippen molar-refractivity contribution in [1.82, 2.24) is 0 Å². The zero-order valence-corrected chi connectivity index (χ0v) is 8.32. The summed E-state index contributed by atoms with van der Waals surface area (Å²) in [5.41, 5.74) is 5.55.